The molecule has 4 N–H and O–H groups in total. The fourth-order valence-corrected chi connectivity index (χ4v) is 8.39. The van der Waals surface area contributed by atoms with Crippen LogP contribution < -0.4 is 11.5 Å². The summed E-state index contributed by atoms with van der Waals surface area (Å²) in [6, 6.07) is 0.864. The molecule has 4 aliphatic rings. The van der Waals surface area contributed by atoms with Gasteiger partial charge in [-0.05, 0) is 98.2 Å². The maximum atomic E-state index is 6.92. The van der Waals surface area contributed by atoms with Crippen LogP contribution >= 0.6 is 0 Å². The first-order chi connectivity index (χ1) is 11.9. The first-order valence-corrected chi connectivity index (χ1v) is 11.4. The molecule has 3 unspecified atom stereocenters. The van der Waals surface area contributed by atoms with Crippen molar-refractivity contribution in [2.75, 3.05) is 0 Å². The summed E-state index contributed by atoms with van der Waals surface area (Å²) in [5.41, 5.74) is 14.4. The molecule has 4 rings (SSSR count). The smallest absolute Gasteiger partial charge is 0.00757 e. The molecule has 144 valence electrons. The molecule has 0 aromatic heterocycles. The van der Waals surface area contributed by atoms with E-state index in [4.69, 9.17) is 11.5 Å². The third kappa shape index (κ3) is 2.73. The summed E-state index contributed by atoms with van der Waals surface area (Å²) in [6.07, 6.45) is 15.2. The fraction of sp³-hybridized carbons (Fsp3) is 1.00. The summed E-state index contributed by atoms with van der Waals surface area (Å²) in [7, 11) is 0. The zero-order valence-corrected chi connectivity index (χ0v) is 17.0. The van der Waals surface area contributed by atoms with Crippen LogP contribution in [-0.2, 0) is 0 Å². The van der Waals surface area contributed by atoms with Crippen molar-refractivity contribution < 1.29 is 0 Å². The second-order valence-corrected chi connectivity index (χ2v) is 10.9. The molecule has 4 saturated carbocycles. The number of unbranched alkanes of at least 4 members (excludes halogenated alkanes) is 1. The van der Waals surface area contributed by atoms with Crippen LogP contribution in [0.25, 0.3) is 0 Å². The molecule has 4 fully saturated rings. The Morgan fingerprint density at radius 3 is 2.36 bits per heavy atom. The molecule has 25 heavy (non-hydrogen) atoms. The highest BCUT2D eigenvalue weighted by molar-refractivity contribution is 5.12. The van der Waals surface area contributed by atoms with Gasteiger partial charge in [0.2, 0.25) is 0 Å². The summed E-state index contributed by atoms with van der Waals surface area (Å²) in [5.74, 6) is 4.32. The first-order valence-electron chi connectivity index (χ1n) is 11.4. The van der Waals surface area contributed by atoms with Gasteiger partial charge in [0.05, 0.1) is 0 Å². The summed E-state index contributed by atoms with van der Waals surface area (Å²) in [6.45, 7) is 7.62. The molecule has 2 heteroatoms. The standard InChI is InChI=1S/C23H42N2/c1-4-5-6-15-7-8-18-21-19(10-12-22(15,18)2)23(3)11-9-17(24)13-16(23)14-20(21)25/h15-21H,4-14,24-25H2,1-3H3/t15-,16?,17+,18?,19?,20+,21-,22+,23-/m0/s1. The molecule has 2 nitrogen and oxygen atoms in total. The van der Waals surface area contributed by atoms with Gasteiger partial charge in [0.25, 0.3) is 0 Å². The minimum atomic E-state index is 0.431. The number of hydrogen-bond acceptors (Lipinski definition) is 2. The van der Waals surface area contributed by atoms with E-state index >= 15 is 0 Å². The molecular formula is C23H42N2. The molecule has 0 heterocycles. The van der Waals surface area contributed by atoms with Gasteiger partial charge in [0.15, 0.2) is 0 Å². The van der Waals surface area contributed by atoms with Crippen molar-refractivity contribution in [2.24, 2.45) is 51.9 Å². The molecular weight excluding hydrogens is 304 g/mol. The number of nitrogens with two attached hydrogens (primary N) is 2. The maximum absolute atomic E-state index is 6.92. The Hall–Kier alpha value is -0.0800. The molecule has 0 radical (unpaired) electrons. The zero-order valence-electron chi connectivity index (χ0n) is 17.0. The molecule has 0 spiro atoms. The van der Waals surface area contributed by atoms with E-state index in [0.29, 0.717) is 22.9 Å². The highest BCUT2D eigenvalue weighted by atomic mass is 14.8. The van der Waals surface area contributed by atoms with E-state index in [2.05, 4.69) is 20.8 Å². The second-order valence-electron chi connectivity index (χ2n) is 10.9. The summed E-state index contributed by atoms with van der Waals surface area (Å²) >= 11 is 0. The zero-order chi connectivity index (χ0) is 17.8. The van der Waals surface area contributed by atoms with E-state index in [1.807, 2.05) is 0 Å². The predicted octanol–water partition coefficient (Wildman–Crippen LogP) is 5.10. The summed E-state index contributed by atoms with van der Waals surface area (Å²) in [5, 5.41) is 0. The highest BCUT2D eigenvalue weighted by Crippen LogP contribution is 2.67. The maximum Gasteiger partial charge on any atom is 0.00757 e. The van der Waals surface area contributed by atoms with E-state index < -0.39 is 0 Å². The van der Waals surface area contributed by atoms with Crippen LogP contribution in [0.4, 0.5) is 0 Å². The van der Waals surface area contributed by atoms with Crippen molar-refractivity contribution >= 4 is 0 Å². The van der Waals surface area contributed by atoms with Gasteiger partial charge in [-0.15, -0.1) is 0 Å². The van der Waals surface area contributed by atoms with Gasteiger partial charge in [0.1, 0.15) is 0 Å². The molecule has 0 aromatic carbocycles. The molecule has 0 bridgehead atoms. The Labute approximate surface area is 155 Å². The molecule has 0 saturated heterocycles. The fourth-order valence-electron chi connectivity index (χ4n) is 8.39. The molecule has 9 atom stereocenters. The lowest BCUT2D eigenvalue weighted by molar-refractivity contribution is -0.122. The quantitative estimate of drug-likeness (QED) is 0.747. The second kappa shape index (κ2) is 6.51. The van der Waals surface area contributed by atoms with Crippen LogP contribution in [0.3, 0.4) is 0 Å². The van der Waals surface area contributed by atoms with Crippen LogP contribution in [0.5, 0.6) is 0 Å². The van der Waals surface area contributed by atoms with Crippen molar-refractivity contribution in [3.8, 4) is 0 Å². The first kappa shape index (κ1) is 18.3. The Balaban J connectivity index is 1.59. The van der Waals surface area contributed by atoms with Gasteiger partial charge in [0, 0.05) is 12.1 Å². The predicted molar refractivity (Wildman–Crippen MR) is 106 cm³/mol. The van der Waals surface area contributed by atoms with Gasteiger partial charge in [-0.3, -0.25) is 0 Å². The highest BCUT2D eigenvalue weighted by Gasteiger charge is 2.61. The average molecular weight is 347 g/mol. The van der Waals surface area contributed by atoms with Crippen molar-refractivity contribution in [1.82, 2.24) is 0 Å². The van der Waals surface area contributed by atoms with Gasteiger partial charge >= 0.3 is 0 Å². The lowest BCUT2D eigenvalue weighted by Gasteiger charge is -2.62. The van der Waals surface area contributed by atoms with Crippen LogP contribution in [0.1, 0.15) is 91.4 Å². The lowest BCUT2D eigenvalue weighted by atomic mass is 9.43. The van der Waals surface area contributed by atoms with E-state index in [-0.39, 0.29) is 0 Å². The Kier molecular flexibility index (Phi) is 4.77. The Morgan fingerprint density at radius 2 is 1.60 bits per heavy atom. The van der Waals surface area contributed by atoms with Gasteiger partial charge in [-0.25, -0.2) is 0 Å². The van der Waals surface area contributed by atoms with Crippen molar-refractivity contribution in [3.05, 3.63) is 0 Å². The van der Waals surface area contributed by atoms with Crippen molar-refractivity contribution in [1.29, 1.82) is 0 Å². The van der Waals surface area contributed by atoms with Crippen molar-refractivity contribution in [3.63, 3.8) is 0 Å². The molecule has 0 aliphatic heterocycles. The third-order valence-corrected chi connectivity index (χ3v) is 9.91. The van der Waals surface area contributed by atoms with Gasteiger partial charge in [-0.2, -0.15) is 0 Å². The minimum Gasteiger partial charge on any atom is -0.328 e. The summed E-state index contributed by atoms with van der Waals surface area (Å²) < 4.78 is 0. The van der Waals surface area contributed by atoms with Crippen LogP contribution in [0, 0.1) is 40.4 Å². The van der Waals surface area contributed by atoms with E-state index in [1.165, 1.54) is 70.6 Å². The van der Waals surface area contributed by atoms with E-state index in [1.54, 1.807) is 0 Å². The third-order valence-electron chi connectivity index (χ3n) is 9.91. The summed E-state index contributed by atoms with van der Waals surface area (Å²) in [4.78, 5) is 0. The topological polar surface area (TPSA) is 52.0 Å². The monoisotopic (exact) mass is 346 g/mol. The van der Waals surface area contributed by atoms with Gasteiger partial charge in [-0.1, -0.05) is 33.6 Å². The minimum absolute atomic E-state index is 0.431. The SMILES string of the molecule is CCCC[C@H]1CCC2[C@H]3C(CC[C@@]21C)[C@@]1(C)CC[C@@H](N)CC1C[C@H]3N. The Bertz CT molecular complexity index is 490. The molecule has 0 amide bonds. The lowest BCUT2D eigenvalue weighted by Crippen LogP contribution is -2.61. The van der Waals surface area contributed by atoms with E-state index in [0.717, 1.165) is 29.6 Å². The normalized spacial score (nSPS) is 55.3. The average Bonchev–Trinajstić information content (AvgIpc) is 2.91. The largest absolute Gasteiger partial charge is 0.328 e. The number of fused-ring (bicyclic) bond motifs is 5. The van der Waals surface area contributed by atoms with E-state index in [9.17, 15) is 0 Å². The van der Waals surface area contributed by atoms with Crippen LogP contribution in [0.2, 0.25) is 0 Å². The number of rotatable bonds is 3. The van der Waals surface area contributed by atoms with Gasteiger partial charge < -0.3 is 11.5 Å². The molecule has 0 aromatic rings. The number of hydrogen-bond donors (Lipinski definition) is 2. The van der Waals surface area contributed by atoms with Crippen molar-refractivity contribution in [2.45, 2.75) is 103 Å². The van der Waals surface area contributed by atoms with Crippen LogP contribution in [0.15, 0.2) is 0 Å². The molecule has 4 aliphatic carbocycles. The van der Waals surface area contributed by atoms with Crippen LogP contribution in [-0.4, -0.2) is 12.1 Å². The Morgan fingerprint density at radius 1 is 0.880 bits per heavy atom.